The lowest BCUT2D eigenvalue weighted by Gasteiger charge is -2.07. The molecule has 3 aromatic heterocycles. The highest BCUT2D eigenvalue weighted by molar-refractivity contribution is 7.08. The number of hydrogen-bond acceptors (Lipinski definition) is 8. The Hall–Kier alpha value is -3.66. The zero-order valence-electron chi connectivity index (χ0n) is 15.5. The normalized spacial score (nSPS) is 10.7. The number of aryl methyl sites for hydroxylation is 1. The minimum atomic E-state index is -0.211. The van der Waals surface area contributed by atoms with Crippen LogP contribution in [0.25, 0.3) is 5.82 Å². The van der Waals surface area contributed by atoms with Crippen molar-refractivity contribution in [1.82, 2.24) is 29.6 Å². The first-order valence-corrected chi connectivity index (χ1v) is 9.74. The maximum absolute atomic E-state index is 12.4. The number of amides is 1. The third-order valence-electron chi connectivity index (χ3n) is 3.95. The number of rotatable bonds is 7. The summed E-state index contributed by atoms with van der Waals surface area (Å²) in [6.07, 6.45) is 5.09. The molecule has 0 saturated heterocycles. The Labute approximate surface area is 170 Å². The van der Waals surface area contributed by atoms with Gasteiger partial charge >= 0.3 is 0 Å². The molecule has 4 aromatic rings. The average molecular weight is 407 g/mol. The summed E-state index contributed by atoms with van der Waals surface area (Å²) in [7, 11) is 0. The van der Waals surface area contributed by atoms with E-state index in [0.29, 0.717) is 28.0 Å². The maximum Gasteiger partial charge on any atom is 0.269 e. The van der Waals surface area contributed by atoms with Crippen molar-refractivity contribution in [3.63, 3.8) is 0 Å². The molecule has 0 radical (unpaired) electrons. The van der Waals surface area contributed by atoms with E-state index in [2.05, 4.69) is 30.2 Å². The van der Waals surface area contributed by atoms with Crippen molar-refractivity contribution in [1.29, 1.82) is 0 Å². The van der Waals surface area contributed by atoms with Crippen LogP contribution in [0.2, 0.25) is 0 Å². The largest absolute Gasteiger partial charge is 0.438 e. The second kappa shape index (κ2) is 8.57. The lowest BCUT2D eigenvalue weighted by atomic mass is 10.2. The molecule has 4 rings (SSSR count). The summed E-state index contributed by atoms with van der Waals surface area (Å²) < 4.78 is 11.2. The smallest absolute Gasteiger partial charge is 0.269 e. The topological polar surface area (TPSA) is 108 Å². The van der Waals surface area contributed by atoms with Crippen LogP contribution in [0.3, 0.4) is 0 Å². The van der Waals surface area contributed by atoms with E-state index in [1.165, 1.54) is 0 Å². The Balaban J connectivity index is 1.39. The van der Waals surface area contributed by atoms with Crippen LogP contribution in [-0.4, -0.2) is 35.5 Å². The highest BCUT2D eigenvalue weighted by atomic mass is 32.1. The third kappa shape index (κ3) is 4.43. The summed E-state index contributed by atoms with van der Waals surface area (Å²) in [6, 6.07) is 12.3. The highest BCUT2D eigenvalue weighted by Crippen LogP contribution is 2.22. The zero-order valence-corrected chi connectivity index (χ0v) is 16.3. The molecule has 1 N–H and O–H groups in total. The molecule has 0 aliphatic rings. The van der Waals surface area contributed by atoms with Gasteiger partial charge < -0.3 is 10.1 Å². The number of aromatic nitrogens is 6. The first-order valence-electron chi connectivity index (χ1n) is 8.97. The molecule has 0 bridgehead atoms. The summed E-state index contributed by atoms with van der Waals surface area (Å²) in [6.45, 7) is 2.04. The van der Waals surface area contributed by atoms with Crippen molar-refractivity contribution in [3.05, 3.63) is 65.4 Å². The van der Waals surface area contributed by atoms with Crippen LogP contribution >= 0.6 is 11.5 Å². The standard InChI is InChI=1S/C19H17N7O2S/c1-2-4-15-18(29-25-22-15)19(27)21-13-5-7-14(8-6-13)28-17-10-9-16(23-24-17)26-12-3-11-20-26/h3,5-12H,2,4H2,1H3,(H,21,27). The second-order valence-corrected chi connectivity index (χ2v) is 6.81. The Morgan fingerprint density at radius 3 is 2.69 bits per heavy atom. The van der Waals surface area contributed by atoms with E-state index in [9.17, 15) is 4.79 Å². The van der Waals surface area contributed by atoms with Crippen LogP contribution in [0.1, 0.15) is 28.7 Å². The van der Waals surface area contributed by atoms with Crippen LogP contribution in [0.4, 0.5) is 5.69 Å². The summed E-state index contributed by atoms with van der Waals surface area (Å²) in [4.78, 5) is 13.0. The third-order valence-corrected chi connectivity index (χ3v) is 4.72. The van der Waals surface area contributed by atoms with Crippen LogP contribution in [-0.2, 0) is 6.42 Å². The minimum Gasteiger partial charge on any atom is -0.438 e. The first kappa shape index (κ1) is 18.7. The van der Waals surface area contributed by atoms with Crippen molar-refractivity contribution in [2.45, 2.75) is 19.8 Å². The molecule has 0 saturated carbocycles. The van der Waals surface area contributed by atoms with E-state index in [1.54, 1.807) is 53.5 Å². The Morgan fingerprint density at radius 1 is 1.14 bits per heavy atom. The van der Waals surface area contributed by atoms with Crippen LogP contribution in [0, 0.1) is 0 Å². The average Bonchev–Trinajstić information content (AvgIpc) is 3.43. The van der Waals surface area contributed by atoms with Gasteiger partial charge in [-0.05, 0) is 54.4 Å². The molecule has 9 nitrogen and oxygen atoms in total. The number of nitrogens with zero attached hydrogens (tertiary/aromatic N) is 6. The molecule has 146 valence electrons. The van der Waals surface area contributed by atoms with Gasteiger partial charge in [0.05, 0.1) is 5.69 Å². The van der Waals surface area contributed by atoms with Crippen molar-refractivity contribution in [3.8, 4) is 17.4 Å². The van der Waals surface area contributed by atoms with E-state index in [4.69, 9.17) is 4.74 Å². The van der Waals surface area contributed by atoms with Crippen molar-refractivity contribution < 1.29 is 9.53 Å². The molecule has 1 aromatic carbocycles. The summed E-state index contributed by atoms with van der Waals surface area (Å²) in [5.74, 6) is 1.32. The van der Waals surface area contributed by atoms with Crippen LogP contribution in [0.15, 0.2) is 54.9 Å². The molecule has 0 fully saturated rings. The van der Waals surface area contributed by atoms with Gasteiger partial charge in [-0.3, -0.25) is 4.79 Å². The fourth-order valence-corrected chi connectivity index (χ4v) is 3.19. The maximum atomic E-state index is 12.4. The Morgan fingerprint density at radius 2 is 2.00 bits per heavy atom. The SMILES string of the molecule is CCCc1nnsc1C(=O)Nc1ccc(Oc2ccc(-n3cccn3)nn2)cc1. The number of carbonyl (C=O) groups excluding carboxylic acids is 1. The molecular weight excluding hydrogens is 390 g/mol. The van der Waals surface area contributed by atoms with Crippen molar-refractivity contribution >= 4 is 23.1 Å². The second-order valence-electron chi connectivity index (χ2n) is 6.06. The molecule has 0 aliphatic heterocycles. The molecule has 0 atom stereocenters. The molecule has 29 heavy (non-hydrogen) atoms. The van der Waals surface area contributed by atoms with Gasteiger partial charge in [-0.1, -0.05) is 17.8 Å². The lowest BCUT2D eigenvalue weighted by Crippen LogP contribution is -2.12. The molecule has 0 spiro atoms. The number of benzene rings is 1. The van der Waals surface area contributed by atoms with Crippen molar-refractivity contribution in [2.75, 3.05) is 5.32 Å². The van der Waals surface area contributed by atoms with Crippen LogP contribution < -0.4 is 10.1 Å². The van der Waals surface area contributed by atoms with Gasteiger partial charge in [-0.2, -0.15) is 5.10 Å². The molecule has 10 heteroatoms. The minimum absolute atomic E-state index is 0.211. The first-order chi connectivity index (χ1) is 14.2. The molecule has 0 unspecified atom stereocenters. The van der Waals surface area contributed by atoms with Gasteiger partial charge in [-0.15, -0.1) is 15.3 Å². The van der Waals surface area contributed by atoms with Gasteiger partial charge in [-0.25, -0.2) is 4.68 Å². The van der Waals surface area contributed by atoms with E-state index in [-0.39, 0.29) is 5.91 Å². The van der Waals surface area contributed by atoms with E-state index < -0.39 is 0 Å². The zero-order chi connectivity index (χ0) is 20.1. The summed E-state index contributed by atoms with van der Waals surface area (Å²) >= 11 is 1.10. The van der Waals surface area contributed by atoms with Gasteiger partial charge in [0, 0.05) is 24.1 Å². The van der Waals surface area contributed by atoms with Crippen LogP contribution in [0.5, 0.6) is 11.6 Å². The lowest BCUT2D eigenvalue weighted by molar-refractivity contribution is 0.102. The van der Waals surface area contributed by atoms with Gasteiger partial charge in [0.15, 0.2) is 5.82 Å². The molecular formula is C19H17N7O2S. The van der Waals surface area contributed by atoms with E-state index >= 15 is 0 Å². The molecule has 1 amide bonds. The number of carbonyl (C=O) groups is 1. The predicted octanol–water partition coefficient (Wildman–Crippen LogP) is 3.51. The van der Waals surface area contributed by atoms with Gasteiger partial charge in [0.2, 0.25) is 5.88 Å². The summed E-state index contributed by atoms with van der Waals surface area (Å²) in [5.41, 5.74) is 1.38. The fourth-order valence-electron chi connectivity index (χ4n) is 2.59. The van der Waals surface area contributed by atoms with Gasteiger partial charge in [0.25, 0.3) is 5.91 Å². The Kier molecular flexibility index (Phi) is 5.52. The van der Waals surface area contributed by atoms with Gasteiger partial charge in [0.1, 0.15) is 10.6 Å². The number of nitrogens with one attached hydrogen (secondary N) is 1. The molecule has 3 heterocycles. The number of hydrogen-bond donors (Lipinski definition) is 1. The summed E-state index contributed by atoms with van der Waals surface area (Å²) in [5, 5.41) is 19.1. The van der Waals surface area contributed by atoms with E-state index in [0.717, 1.165) is 30.1 Å². The predicted molar refractivity (Wildman–Crippen MR) is 108 cm³/mol. The fraction of sp³-hybridized carbons (Fsp3) is 0.158. The molecule has 0 aliphatic carbocycles. The highest BCUT2D eigenvalue weighted by Gasteiger charge is 2.15. The van der Waals surface area contributed by atoms with E-state index in [1.807, 2.05) is 13.0 Å². The van der Waals surface area contributed by atoms with Crippen molar-refractivity contribution in [2.24, 2.45) is 0 Å². The monoisotopic (exact) mass is 407 g/mol. The number of ether oxygens (including phenoxy) is 1. The number of anilines is 1. The Bertz CT molecular complexity index is 1080. The quantitative estimate of drug-likeness (QED) is 0.499.